The van der Waals surface area contributed by atoms with E-state index in [0.29, 0.717) is 22.5 Å². The molecule has 5 aromatic rings. The van der Waals surface area contributed by atoms with Crippen molar-refractivity contribution < 1.29 is 49.3 Å². The van der Waals surface area contributed by atoms with E-state index in [1.165, 1.54) is 60.3 Å². The molecule has 0 spiro atoms. The first-order chi connectivity index (χ1) is 23.9. The van der Waals surface area contributed by atoms with Gasteiger partial charge in [-0.05, 0) is 0 Å². The van der Waals surface area contributed by atoms with Crippen molar-refractivity contribution in [3.05, 3.63) is 146 Å². The second-order valence-corrected chi connectivity index (χ2v) is 22.6. The summed E-state index contributed by atoms with van der Waals surface area (Å²) in [5, 5.41) is 0. The third kappa shape index (κ3) is 8.44. The molecule has 0 N–H and O–H groups in total. The molecule has 0 amide bonds. The summed E-state index contributed by atoms with van der Waals surface area (Å²) < 4.78 is 142. The SMILES string of the molecule is Cc1cccc(I(OS(=O)(=O)C(F)(F)F)c2ccc(Sc3ccc(S(OS(=O)(=O)C(F)(F)F)(c4ccccc4)c4ccccc4)cc3)cc2)c1C. The van der Waals surface area contributed by atoms with Crippen LogP contribution in [0.4, 0.5) is 26.3 Å². The fourth-order valence-corrected chi connectivity index (χ4v) is 17.1. The molecule has 0 bridgehead atoms. The molecule has 0 fully saturated rings. The van der Waals surface area contributed by atoms with Crippen LogP contribution in [0.3, 0.4) is 0 Å². The number of aryl methyl sites for hydroxylation is 1. The first-order valence-electron chi connectivity index (χ1n) is 14.5. The average molecular weight is 901 g/mol. The zero-order valence-electron chi connectivity index (χ0n) is 26.4. The summed E-state index contributed by atoms with van der Waals surface area (Å²) >= 11 is -2.45. The number of halogens is 7. The van der Waals surface area contributed by atoms with Crippen LogP contribution in [0.5, 0.6) is 0 Å². The van der Waals surface area contributed by atoms with Gasteiger partial charge in [0, 0.05) is 0 Å². The Hall–Kier alpha value is -3.07. The third-order valence-electron chi connectivity index (χ3n) is 7.18. The molecule has 5 rings (SSSR count). The Morgan fingerprint density at radius 1 is 0.549 bits per heavy atom. The molecule has 0 unspecified atom stereocenters. The standard InChI is InChI=1S/C34H27F6IO6S4/c1-24-10-9-15-32(25(24)2)41(46-50(42,43)33(35,36)37)26-16-18-27(19-17-26)48-28-20-22-31(23-21-28)49(29-11-5-3-6-12-29,30-13-7-4-8-14-30)47-51(44,45)34(38,39)40/h3-23H,1-2H3. The molecular formula is C34H27F6IO6S4. The van der Waals surface area contributed by atoms with Crippen molar-refractivity contribution >= 4 is 62.5 Å². The van der Waals surface area contributed by atoms with Gasteiger partial charge in [0.05, 0.1) is 0 Å². The monoisotopic (exact) mass is 900 g/mol. The number of benzene rings is 5. The predicted molar refractivity (Wildman–Crippen MR) is 192 cm³/mol. The average Bonchev–Trinajstić information content (AvgIpc) is 3.08. The van der Waals surface area contributed by atoms with Gasteiger partial charge in [0.25, 0.3) is 0 Å². The molecule has 0 radical (unpaired) electrons. The van der Waals surface area contributed by atoms with Gasteiger partial charge in [-0.1, -0.05) is 36.4 Å². The number of rotatable bonds is 11. The van der Waals surface area contributed by atoms with Crippen molar-refractivity contribution in [2.45, 2.75) is 49.3 Å². The van der Waals surface area contributed by atoms with Crippen LogP contribution in [0.2, 0.25) is 0 Å². The van der Waals surface area contributed by atoms with Crippen molar-refractivity contribution in [2.75, 3.05) is 0 Å². The van der Waals surface area contributed by atoms with Gasteiger partial charge in [-0.3, -0.25) is 0 Å². The normalized spacial score (nSPS) is 13.5. The van der Waals surface area contributed by atoms with E-state index in [1.54, 1.807) is 92.7 Å². The van der Waals surface area contributed by atoms with Crippen LogP contribution in [0.1, 0.15) is 11.1 Å². The van der Waals surface area contributed by atoms with E-state index in [4.69, 9.17) is 6.14 Å². The Labute approximate surface area is 304 Å². The topological polar surface area (TPSA) is 86.7 Å². The van der Waals surface area contributed by atoms with Crippen molar-refractivity contribution in [1.29, 1.82) is 0 Å². The van der Waals surface area contributed by atoms with E-state index in [0.717, 1.165) is 5.56 Å². The molecule has 0 aliphatic heterocycles. The number of hydrogen-bond donors (Lipinski definition) is 0. The molecule has 272 valence electrons. The summed E-state index contributed by atoms with van der Waals surface area (Å²) in [5.74, 6) is 0. The zero-order valence-corrected chi connectivity index (χ0v) is 31.8. The molecule has 0 saturated heterocycles. The van der Waals surface area contributed by atoms with Crippen molar-refractivity contribution in [3.63, 3.8) is 0 Å². The van der Waals surface area contributed by atoms with Crippen LogP contribution in [0.15, 0.2) is 152 Å². The Bertz CT molecular complexity index is 2160. The van der Waals surface area contributed by atoms with E-state index in [1.807, 2.05) is 0 Å². The van der Waals surface area contributed by atoms with Gasteiger partial charge in [-0.25, -0.2) is 0 Å². The number of alkyl halides is 6. The number of hydrogen-bond acceptors (Lipinski definition) is 7. The van der Waals surface area contributed by atoms with Crippen molar-refractivity contribution in [1.82, 2.24) is 0 Å². The summed E-state index contributed by atoms with van der Waals surface area (Å²) in [7, 11) is -15.5. The molecule has 0 aliphatic carbocycles. The van der Waals surface area contributed by atoms with Crippen LogP contribution in [-0.4, -0.2) is 27.9 Å². The maximum atomic E-state index is 13.8. The van der Waals surface area contributed by atoms with E-state index in [2.05, 4.69) is 0 Å². The van der Waals surface area contributed by atoms with E-state index in [-0.39, 0.29) is 14.7 Å². The maximum absolute atomic E-state index is 13.8. The first kappa shape index (κ1) is 39.1. The van der Waals surface area contributed by atoms with Crippen LogP contribution >= 0.6 is 42.3 Å². The molecule has 0 heterocycles. The summed E-state index contributed by atoms with van der Waals surface area (Å²) in [5.41, 5.74) is -9.93. The minimum absolute atomic E-state index is 0.165. The summed E-state index contributed by atoms with van der Waals surface area (Å²) in [6.45, 7) is 3.44. The fraction of sp³-hybridized carbons (Fsp3) is 0.118. The quantitative estimate of drug-likeness (QED) is 0.0741. The summed E-state index contributed by atoms with van der Waals surface area (Å²) in [4.78, 5) is 1.76. The van der Waals surface area contributed by atoms with Crippen molar-refractivity contribution in [2.24, 2.45) is 0 Å². The molecule has 6 nitrogen and oxygen atoms in total. The van der Waals surface area contributed by atoms with Crippen LogP contribution in [0.25, 0.3) is 0 Å². The van der Waals surface area contributed by atoms with Crippen LogP contribution in [0, 0.1) is 21.0 Å². The van der Waals surface area contributed by atoms with Gasteiger partial charge in [0.15, 0.2) is 0 Å². The van der Waals surface area contributed by atoms with Crippen molar-refractivity contribution in [3.8, 4) is 0 Å². The Morgan fingerprint density at radius 2 is 1.00 bits per heavy atom. The predicted octanol–water partition coefficient (Wildman–Crippen LogP) is 10.8. The second kappa shape index (κ2) is 15.1. The first-order valence-corrected chi connectivity index (χ1v) is 22.7. The van der Waals surface area contributed by atoms with E-state index >= 15 is 0 Å². The zero-order chi connectivity index (χ0) is 37.2. The third-order valence-corrected chi connectivity index (χ3v) is 20.5. The van der Waals surface area contributed by atoms with Gasteiger partial charge < -0.3 is 0 Å². The second-order valence-electron chi connectivity index (χ2n) is 10.6. The Balaban J connectivity index is 1.51. The van der Waals surface area contributed by atoms with Gasteiger partial charge in [0.1, 0.15) is 0 Å². The van der Waals surface area contributed by atoms with Gasteiger partial charge in [-0.15, -0.1) is 0 Å². The molecular weight excluding hydrogens is 874 g/mol. The molecule has 0 atom stereocenters. The fourth-order valence-electron chi connectivity index (χ4n) is 4.58. The van der Waals surface area contributed by atoms with E-state index < -0.39 is 61.8 Å². The molecule has 17 heteroatoms. The van der Waals surface area contributed by atoms with Crippen LogP contribution < -0.4 is 0 Å². The molecule has 51 heavy (non-hydrogen) atoms. The molecule has 0 saturated carbocycles. The Morgan fingerprint density at radius 3 is 1.47 bits per heavy atom. The van der Waals surface area contributed by atoms with Crippen LogP contribution in [-0.2, 0) is 26.4 Å². The molecule has 0 aliphatic rings. The molecule has 0 aromatic heterocycles. The summed E-state index contributed by atoms with van der Waals surface area (Å²) in [6, 6.07) is 32.8. The Kier molecular flexibility index (Phi) is 11.6. The van der Waals surface area contributed by atoms with Gasteiger partial charge in [-0.2, -0.15) is 21.6 Å². The minimum atomic E-state index is -6.09. The molecule has 5 aromatic carbocycles. The summed E-state index contributed by atoms with van der Waals surface area (Å²) in [6.07, 6.45) is 0. The van der Waals surface area contributed by atoms with Gasteiger partial charge in [0.2, 0.25) is 0 Å². The van der Waals surface area contributed by atoms with E-state index in [9.17, 15) is 43.2 Å². The van der Waals surface area contributed by atoms with Gasteiger partial charge >= 0.3 is 249 Å².